The first-order valence-electron chi connectivity index (χ1n) is 8.31. The minimum atomic E-state index is -3.98. The van der Waals surface area contributed by atoms with Crippen molar-refractivity contribution in [3.05, 3.63) is 58.7 Å². The van der Waals surface area contributed by atoms with Crippen molar-refractivity contribution in [2.75, 3.05) is 7.11 Å². The molecule has 1 heterocycles. The number of H-pyrrole nitrogens is 1. The van der Waals surface area contributed by atoms with E-state index in [1.165, 1.54) is 13.2 Å². The maximum Gasteiger partial charge on any atom is 0.355 e. The lowest BCUT2D eigenvalue weighted by Crippen LogP contribution is -2.13. The summed E-state index contributed by atoms with van der Waals surface area (Å²) in [5.41, 5.74) is 1.28. The number of rotatable bonds is 3. The third-order valence-electron chi connectivity index (χ3n) is 4.40. The van der Waals surface area contributed by atoms with E-state index in [9.17, 15) is 13.2 Å². The van der Waals surface area contributed by atoms with Gasteiger partial charge < -0.3 is 9.72 Å². The van der Waals surface area contributed by atoms with Crippen molar-refractivity contribution in [3.8, 4) is 0 Å². The second kappa shape index (κ2) is 6.69. The summed E-state index contributed by atoms with van der Waals surface area (Å²) in [5.74, 6) is -0.757. The Morgan fingerprint density at radius 2 is 1.70 bits per heavy atom. The maximum atomic E-state index is 13.4. The van der Waals surface area contributed by atoms with Gasteiger partial charge in [-0.15, -0.1) is 0 Å². The molecule has 142 valence electrons. The van der Waals surface area contributed by atoms with Crippen molar-refractivity contribution in [1.82, 2.24) is 4.98 Å². The molecule has 0 radical (unpaired) electrons. The highest BCUT2D eigenvalue weighted by Crippen LogP contribution is 2.34. The number of hydrogen-bond acceptors (Lipinski definition) is 4. The van der Waals surface area contributed by atoms with Gasteiger partial charge in [0, 0.05) is 15.9 Å². The Hall–Kier alpha value is -2.31. The summed E-state index contributed by atoms with van der Waals surface area (Å²) in [6.07, 6.45) is 0. The van der Waals surface area contributed by atoms with Gasteiger partial charge in [0.25, 0.3) is 0 Å². The molecule has 1 N–H and O–H groups in total. The molecule has 0 unspecified atom stereocenters. The Balaban J connectivity index is 2.26. The van der Waals surface area contributed by atoms with Gasteiger partial charge in [0.05, 0.1) is 12.0 Å². The van der Waals surface area contributed by atoms with Crippen molar-refractivity contribution in [3.63, 3.8) is 0 Å². The molecule has 0 aliphatic heterocycles. The summed E-state index contributed by atoms with van der Waals surface area (Å²) in [6, 6.07) is 11.5. The van der Waals surface area contributed by atoms with E-state index in [0.717, 1.165) is 5.56 Å². The molecule has 3 aromatic rings. The molecule has 2 aromatic carbocycles. The SMILES string of the molecule is COC(=O)c1[nH]c2ccc(Cl)cc2c1S(=O)(=O)c1ccc(C(C)(C)C)cc1. The van der Waals surface area contributed by atoms with Crippen LogP contribution in [0.25, 0.3) is 10.9 Å². The zero-order chi connectivity index (χ0) is 20.0. The van der Waals surface area contributed by atoms with E-state index in [1.807, 2.05) is 20.8 Å². The zero-order valence-corrected chi connectivity index (χ0v) is 17.0. The molecule has 0 fully saturated rings. The lowest BCUT2D eigenvalue weighted by Gasteiger charge is -2.19. The molecule has 0 bridgehead atoms. The number of fused-ring (bicyclic) bond motifs is 1. The van der Waals surface area contributed by atoms with Gasteiger partial charge in [-0.05, 0) is 41.3 Å². The highest BCUT2D eigenvalue weighted by atomic mass is 35.5. The third-order valence-corrected chi connectivity index (χ3v) is 6.49. The fourth-order valence-electron chi connectivity index (χ4n) is 2.92. The van der Waals surface area contributed by atoms with Gasteiger partial charge in [0.15, 0.2) is 0 Å². The average molecular weight is 406 g/mol. The Morgan fingerprint density at radius 1 is 1.07 bits per heavy atom. The van der Waals surface area contributed by atoms with E-state index < -0.39 is 15.8 Å². The van der Waals surface area contributed by atoms with Crippen LogP contribution in [0, 0.1) is 0 Å². The quantitative estimate of drug-likeness (QED) is 0.638. The highest BCUT2D eigenvalue weighted by molar-refractivity contribution is 7.91. The molecule has 5 nitrogen and oxygen atoms in total. The number of esters is 1. The molecule has 0 aliphatic carbocycles. The third kappa shape index (κ3) is 3.47. The van der Waals surface area contributed by atoms with Gasteiger partial charge >= 0.3 is 5.97 Å². The van der Waals surface area contributed by atoms with E-state index in [2.05, 4.69) is 4.98 Å². The van der Waals surface area contributed by atoms with E-state index in [0.29, 0.717) is 15.9 Å². The number of ether oxygens (including phenoxy) is 1. The molecule has 0 aliphatic rings. The van der Waals surface area contributed by atoms with Crippen LogP contribution in [0.1, 0.15) is 36.8 Å². The van der Waals surface area contributed by atoms with Crippen LogP contribution in [0.3, 0.4) is 0 Å². The zero-order valence-electron chi connectivity index (χ0n) is 15.5. The molecule has 0 saturated carbocycles. The van der Waals surface area contributed by atoms with Crippen LogP contribution in [0.5, 0.6) is 0 Å². The summed E-state index contributed by atoms with van der Waals surface area (Å²) in [7, 11) is -2.77. The summed E-state index contributed by atoms with van der Waals surface area (Å²) in [4.78, 5) is 15.0. The number of methoxy groups -OCH3 is 1. The van der Waals surface area contributed by atoms with Crippen LogP contribution in [0.2, 0.25) is 5.02 Å². The summed E-state index contributed by atoms with van der Waals surface area (Å²) in [6.45, 7) is 6.15. The molecule has 7 heteroatoms. The number of hydrogen-bond donors (Lipinski definition) is 1. The van der Waals surface area contributed by atoms with Crippen LogP contribution >= 0.6 is 11.6 Å². The van der Waals surface area contributed by atoms with Crippen molar-refractivity contribution >= 4 is 38.3 Å². The standard InChI is InChI=1S/C20H20ClNO4S/c1-20(2,3)12-5-8-14(9-6-12)27(24,25)18-15-11-13(21)7-10-16(15)22-17(18)19(23)26-4/h5-11,22H,1-4H3. The molecular weight excluding hydrogens is 386 g/mol. The van der Waals surface area contributed by atoms with Crippen molar-refractivity contribution in [2.24, 2.45) is 0 Å². The minimum absolute atomic E-state index is 0.0986. The Bertz CT molecular complexity index is 1120. The van der Waals surface area contributed by atoms with Crippen molar-refractivity contribution in [2.45, 2.75) is 36.0 Å². The van der Waals surface area contributed by atoms with E-state index >= 15 is 0 Å². The molecule has 3 rings (SSSR count). The van der Waals surface area contributed by atoms with Crippen LogP contribution in [0.15, 0.2) is 52.3 Å². The molecule has 27 heavy (non-hydrogen) atoms. The number of carbonyl (C=O) groups excluding carboxylic acids is 1. The van der Waals surface area contributed by atoms with E-state index in [-0.39, 0.29) is 20.9 Å². The van der Waals surface area contributed by atoms with Crippen LogP contribution < -0.4 is 0 Å². The van der Waals surface area contributed by atoms with Crippen LogP contribution in [-0.2, 0) is 20.0 Å². The fraction of sp³-hybridized carbons (Fsp3) is 0.250. The van der Waals surface area contributed by atoms with Gasteiger partial charge in [0.2, 0.25) is 9.84 Å². The fourth-order valence-corrected chi connectivity index (χ4v) is 4.68. The average Bonchev–Trinajstić information content (AvgIpc) is 2.99. The first kappa shape index (κ1) is 19.5. The maximum absolute atomic E-state index is 13.4. The normalized spacial score (nSPS) is 12.3. The van der Waals surface area contributed by atoms with Gasteiger partial charge in [-0.3, -0.25) is 0 Å². The van der Waals surface area contributed by atoms with E-state index in [1.54, 1.807) is 36.4 Å². The molecule has 0 atom stereocenters. The second-order valence-electron chi connectivity index (χ2n) is 7.29. The molecule has 0 saturated heterocycles. The first-order chi connectivity index (χ1) is 12.6. The van der Waals surface area contributed by atoms with Crippen LogP contribution in [-0.4, -0.2) is 26.5 Å². The predicted molar refractivity (Wildman–Crippen MR) is 105 cm³/mol. The number of aromatic nitrogens is 1. The number of benzene rings is 2. The van der Waals surface area contributed by atoms with Gasteiger partial charge in [-0.2, -0.15) is 0 Å². The summed E-state index contributed by atoms with van der Waals surface area (Å²) < 4.78 is 31.5. The lowest BCUT2D eigenvalue weighted by molar-refractivity contribution is 0.0590. The minimum Gasteiger partial charge on any atom is -0.464 e. The first-order valence-corrected chi connectivity index (χ1v) is 10.2. The smallest absolute Gasteiger partial charge is 0.355 e. The summed E-state index contributed by atoms with van der Waals surface area (Å²) >= 11 is 6.06. The number of nitrogens with one attached hydrogen (secondary N) is 1. The van der Waals surface area contributed by atoms with Crippen molar-refractivity contribution < 1.29 is 17.9 Å². The summed E-state index contributed by atoms with van der Waals surface area (Å²) in [5, 5.41) is 0.722. The largest absolute Gasteiger partial charge is 0.464 e. The highest BCUT2D eigenvalue weighted by Gasteiger charge is 2.30. The lowest BCUT2D eigenvalue weighted by atomic mass is 9.87. The topological polar surface area (TPSA) is 76.2 Å². The molecule has 1 aromatic heterocycles. The van der Waals surface area contributed by atoms with E-state index in [4.69, 9.17) is 16.3 Å². The van der Waals surface area contributed by atoms with Crippen molar-refractivity contribution in [1.29, 1.82) is 0 Å². The van der Waals surface area contributed by atoms with Gasteiger partial charge in [0.1, 0.15) is 10.6 Å². The Kier molecular flexibility index (Phi) is 4.82. The second-order valence-corrected chi connectivity index (χ2v) is 9.61. The van der Waals surface area contributed by atoms with Gasteiger partial charge in [-0.25, -0.2) is 13.2 Å². The molecular formula is C20H20ClNO4S. The number of halogens is 1. The number of sulfone groups is 1. The number of aromatic amines is 1. The number of carbonyl (C=O) groups is 1. The molecule has 0 spiro atoms. The van der Waals surface area contributed by atoms with Gasteiger partial charge in [-0.1, -0.05) is 44.5 Å². The Labute approximate surface area is 163 Å². The molecule has 0 amide bonds. The predicted octanol–water partition coefficient (Wildman–Crippen LogP) is 4.74. The van der Waals surface area contributed by atoms with Crippen LogP contribution in [0.4, 0.5) is 0 Å². The monoisotopic (exact) mass is 405 g/mol. The Morgan fingerprint density at radius 3 is 2.26 bits per heavy atom.